The molecule has 0 aromatic rings. The van der Waals surface area contributed by atoms with Crippen LogP contribution in [0.5, 0.6) is 0 Å². The molecule has 1 aliphatic carbocycles. The molecule has 0 amide bonds. The molecule has 96 valence electrons. The van der Waals surface area contributed by atoms with Gasteiger partial charge in [0.05, 0.1) is 19.8 Å². The van der Waals surface area contributed by atoms with E-state index in [1.54, 1.807) is 0 Å². The third kappa shape index (κ3) is 5.25. The topological polar surface area (TPSA) is 52.9 Å². The molecule has 0 bridgehead atoms. The summed E-state index contributed by atoms with van der Waals surface area (Å²) < 4.78 is 5.54. The van der Waals surface area contributed by atoms with Crippen molar-refractivity contribution in [2.45, 2.75) is 19.8 Å². The first kappa shape index (κ1) is 13.9. The molecule has 0 unspecified atom stereocenters. The van der Waals surface area contributed by atoms with Crippen LogP contribution in [0.3, 0.4) is 0 Å². The van der Waals surface area contributed by atoms with Crippen LogP contribution in [0.15, 0.2) is 0 Å². The largest absolute Gasteiger partial charge is 0.396 e. The van der Waals surface area contributed by atoms with Crippen molar-refractivity contribution in [3.05, 3.63) is 0 Å². The molecular formula is C12H25NO3. The van der Waals surface area contributed by atoms with Gasteiger partial charge in [0.2, 0.25) is 0 Å². The zero-order chi connectivity index (χ0) is 12.0. The summed E-state index contributed by atoms with van der Waals surface area (Å²) in [6, 6.07) is 0. The van der Waals surface area contributed by atoms with E-state index in [1.807, 2.05) is 14.0 Å². The first-order valence-electron chi connectivity index (χ1n) is 6.07. The first-order chi connectivity index (χ1) is 7.59. The van der Waals surface area contributed by atoms with Crippen molar-refractivity contribution in [2.75, 3.05) is 46.6 Å². The molecule has 0 radical (unpaired) electrons. The van der Waals surface area contributed by atoms with Gasteiger partial charge in [-0.05, 0) is 25.8 Å². The third-order valence-corrected chi connectivity index (χ3v) is 3.08. The Labute approximate surface area is 98.2 Å². The monoisotopic (exact) mass is 231 g/mol. The lowest BCUT2D eigenvalue weighted by molar-refractivity contribution is 0.0307. The Balaban J connectivity index is 2.05. The minimum absolute atomic E-state index is 0.0107. The highest BCUT2D eigenvalue weighted by Crippen LogP contribution is 2.28. The molecule has 4 nitrogen and oxygen atoms in total. The van der Waals surface area contributed by atoms with Crippen molar-refractivity contribution in [1.29, 1.82) is 0 Å². The zero-order valence-electron chi connectivity index (χ0n) is 10.5. The fraction of sp³-hybridized carbons (Fsp3) is 1.00. The molecule has 1 aliphatic rings. The second-order valence-electron chi connectivity index (χ2n) is 5.38. The molecule has 0 aromatic carbocycles. The first-order valence-corrected chi connectivity index (χ1v) is 6.07. The van der Waals surface area contributed by atoms with Gasteiger partial charge in [-0.1, -0.05) is 6.92 Å². The molecule has 1 rings (SSSR count). The molecule has 0 aromatic heterocycles. The molecular weight excluding hydrogens is 206 g/mol. The third-order valence-electron chi connectivity index (χ3n) is 3.08. The Kier molecular flexibility index (Phi) is 5.69. The van der Waals surface area contributed by atoms with Crippen LogP contribution in [0, 0.1) is 11.3 Å². The Morgan fingerprint density at radius 2 is 1.94 bits per heavy atom. The van der Waals surface area contributed by atoms with Crippen LogP contribution >= 0.6 is 0 Å². The molecule has 0 aliphatic heterocycles. The van der Waals surface area contributed by atoms with E-state index in [2.05, 4.69) is 4.90 Å². The maximum absolute atomic E-state index is 9.17. The van der Waals surface area contributed by atoms with E-state index in [1.165, 1.54) is 12.8 Å². The zero-order valence-corrected chi connectivity index (χ0v) is 10.5. The van der Waals surface area contributed by atoms with Gasteiger partial charge in [-0.25, -0.2) is 0 Å². The highest BCUT2D eigenvalue weighted by molar-refractivity contribution is 4.76. The van der Waals surface area contributed by atoms with Crippen molar-refractivity contribution < 1.29 is 14.9 Å². The molecule has 0 atom stereocenters. The Bertz CT molecular complexity index is 191. The van der Waals surface area contributed by atoms with E-state index < -0.39 is 5.41 Å². The van der Waals surface area contributed by atoms with Gasteiger partial charge >= 0.3 is 0 Å². The highest BCUT2D eigenvalue weighted by Gasteiger charge is 2.24. The number of aliphatic hydroxyl groups excluding tert-OH is 2. The van der Waals surface area contributed by atoms with E-state index in [4.69, 9.17) is 14.9 Å². The summed E-state index contributed by atoms with van der Waals surface area (Å²) in [5.41, 5.74) is -0.411. The van der Waals surface area contributed by atoms with Crippen molar-refractivity contribution in [3.63, 3.8) is 0 Å². The second kappa shape index (κ2) is 6.55. The molecule has 4 heteroatoms. The van der Waals surface area contributed by atoms with Gasteiger partial charge in [0.15, 0.2) is 0 Å². The molecule has 2 N–H and O–H groups in total. The summed E-state index contributed by atoms with van der Waals surface area (Å²) in [4.78, 5) is 2.10. The molecule has 0 spiro atoms. The summed E-state index contributed by atoms with van der Waals surface area (Å²) in [5, 5.41) is 18.3. The number of ether oxygens (including phenoxy) is 1. The SMILES string of the molecule is CN(CCOCC1CC1)CC(C)(CO)CO. The fourth-order valence-electron chi connectivity index (χ4n) is 1.64. The average Bonchev–Trinajstić information content (AvgIpc) is 3.08. The lowest BCUT2D eigenvalue weighted by Crippen LogP contribution is -2.40. The Morgan fingerprint density at radius 1 is 1.31 bits per heavy atom. The highest BCUT2D eigenvalue weighted by atomic mass is 16.5. The van der Waals surface area contributed by atoms with Gasteiger partial charge < -0.3 is 19.8 Å². The maximum atomic E-state index is 9.17. The smallest absolute Gasteiger partial charge is 0.0593 e. The van der Waals surface area contributed by atoms with Crippen LogP contribution in [-0.2, 0) is 4.74 Å². The van der Waals surface area contributed by atoms with Crippen molar-refractivity contribution >= 4 is 0 Å². The number of likely N-dealkylation sites (N-methyl/N-ethyl adjacent to an activating group) is 1. The number of nitrogens with zero attached hydrogens (tertiary/aromatic N) is 1. The van der Waals surface area contributed by atoms with Crippen LogP contribution in [0.2, 0.25) is 0 Å². The van der Waals surface area contributed by atoms with Gasteiger partial charge in [0.25, 0.3) is 0 Å². The van der Waals surface area contributed by atoms with Gasteiger partial charge in [-0.15, -0.1) is 0 Å². The maximum Gasteiger partial charge on any atom is 0.0593 e. The number of aliphatic hydroxyl groups is 2. The summed E-state index contributed by atoms with van der Waals surface area (Å²) in [6.07, 6.45) is 2.64. The van der Waals surface area contributed by atoms with Crippen LogP contribution in [0.1, 0.15) is 19.8 Å². The predicted octanol–water partition coefficient (Wildman–Crippen LogP) is 0.336. The minimum Gasteiger partial charge on any atom is -0.396 e. The average molecular weight is 231 g/mol. The fourth-order valence-corrected chi connectivity index (χ4v) is 1.64. The molecule has 0 saturated heterocycles. The van der Waals surface area contributed by atoms with E-state index in [9.17, 15) is 0 Å². The normalized spacial score (nSPS) is 17.1. The molecule has 1 fully saturated rings. The lowest BCUT2D eigenvalue weighted by atomic mass is 9.92. The van der Waals surface area contributed by atoms with Gasteiger partial charge in [0.1, 0.15) is 0 Å². The minimum atomic E-state index is -0.411. The summed E-state index contributed by atoms with van der Waals surface area (Å²) in [6.45, 7) is 5.07. The van der Waals surface area contributed by atoms with Gasteiger partial charge in [-0.2, -0.15) is 0 Å². The van der Waals surface area contributed by atoms with Crippen molar-refractivity contribution in [1.82, 2.24) is 4.90 Å². The van der Waals surface area contributed by atoms with E-state index in [-0.39, 0.29) is 13.2 Å². The summed E-state index contributed by atoms with van der Waals surface area (Å²) in [7, 11) is 1.99. The predicted molar refractivity (Wildman–Crippen MR) is 63.3 cm³/mol. The van der Waals surface area contributed by atoms with Crippen LogP contribution in [-0.4, -0.2) is 61.7 Å². The van der Waals surface area contributed by atoms with Crippen LogP contribution < -0.4 is 0 Å². The van der Waals surface area contributed by atoms with E-state index in [0.717, 1.165) is 25.7 Å². The van der Waals surface area contributed by atoms with E-state index in [0.29, 0.717) is 6.54 Å². The van der Waals surface area contributed by atoms with Gasteiger partial charge in [0, 0.05) is 25.1 Å². The number of rotatable bonds is 9. The van der Waals surface area contributed by atoms with Gasteiger partial charge in [-0.3, -0.25) is 0 Å². The Hall–Kier alpha value is -0.160. The Morgan fingerprint density at radius 3 is 2.44 bits per heavy atom. The standard InChI is InChI=1S/C12H25NO3/c1-12(9-14,10-15)8-13(2)5-6-16-7-11-3-4-11/h11,14-15H,3-10H2,1-2H3. The lowest BCUT2D eigenvalue weighted by Gasteiger charge is -2.30. The summed E-state index contributed by atoms with van der Waals surface area (Å²) >= 11 is 0. The molecule has 0 heterocycles. The summed E-state index contributed by atoms with van der Waals surface area (Å²) in [5.74, 6) is 0.811. The molecule has 1 saturated carbocycles. The number of hydrogen-bond donors (Lipinski definition) is 2. The van der Waals surface area contributed by atoms with Crippen molar-refractivity contribution in [2.24, 2.45) is 11.3 Å². The van der Waals surface area contributed by atoms with E-state index >= 15 is 0 Å². The molecule has 16 heavy (non-hydrogen) atoms. The second-order valence-corrected chi connectivity index (χ2v) is 5.38. The number of hydrogen-bond acceptors (Lipinski definition) is 4. The van der Waals surface area contributed by atoms with Crippen molar-refractivity contribution in [3.8, 4) is 0 Å². The quantitative estimate of drug-likeness (QED) is 0.562. The van der Waals surface area contributed by atoms with Crippen LogP contribution in [0.4, 0.5) is 0 Å². The van der Waals surface area contributed by atoms with Crippen LogP contribution in [0.25, 0.3) is 0 Å².